The summed E-state index contributed by atoms with van der Waals surface area (Å²) < 4.78 is 35.2. The van der Waals surface area contributed by atoms with E-state index >= 15 is 0 Å². The zero-order chi connectivity index (χ0) is 11.3. The average Bonchev–Trinajstić information content (AvgIpc) is 2.49. The Morgan fingerprint density at radius 2 is 2.13 bits per heavy atom. The predicted molar refractivity (Wildman–Crippen MR) is 59.3 cm³/mol. The molecular weight excluding hydrogens is 243 g/mol. The minimum absolute atomic E-state index is 0.0148. The Hall–Kier alpha value is -0.200. The van der Waals surface area contributed by atoms with Gasteiger partial charge in [-0.2, -0.15) is 13.2 Å². The summed E-state index contributed by atoms with van der Waals surface area (Å²) in [5, 5.41) is 2.98. The molecule has 1 rings (SSSR count). The second-order valence-electron chi connectivity index (χ2n) is 2.98. The van der Waals surface area contributed by atoms with Crippen LogP contribution in [-0.2, 0) is 6.54 Å². The van der Waals surface area contributed by atoms with E-state index < -0.39 is 5.51 Å². The number of nitrogens with one attached hydrogen (secondary N) is 1. The molecule has 0 spiro atoms. The molecule has 15 heavy (non-hydrogen) atoms. The van der Waals surface area contributed by atoms with Gasteiger partial charge >= 0.3 is 5.51 Å². The van der Waals surface area contributed by atoms with E-state index in [0.717, 1.165) is 4.88 Å². The van der Waals surface area contributed by atoms with Crippen LogP contribution in [0.15, 0.2) is 12.1 Å². The highest BCUT2D eigenvalue weighted by atomic mass is 32.2. The van der Waals surface area contributed by atoms with Gasteiger partial charge in [-0.3, -0.25) is 0 Å². The van der Waals surface area contributed by atoms with Crippen LogP contribution in [0, 0.1) is 6.92 Å². The summed E-state index contributed by atoms with van der Waals surface area (Å²) in [6.45, 7) is 3.03. The van der Waals surface area contributed by atoms with Gasteiger partial charge in [0.05, 0.1) is 0 Å². The standard InChI is InChI=1S/C9H12F3NS2/c1-7-2-3-8(15-7)6-13-4-5-14-9(10,11)12/h2-3,13H,4-6H2,1H3. The lowest BCUT2D eigenvalue weighted by molar-refractivity contribution is -0.0327. The van der Waals surface area contributed by atoms with Crippen molar-refractivity contribution in [3.8, 4) is 0 Å². The molecule has 0 atom stereocenters. The Balaban J connectivity index is 2.07. The zero-order valence-corrected chi connectivity index (χ0v) is 9.86. The minimum Gasteiger partial charge on any atom is -0.311 e. The summed E-state index contributed by atoms with van der Waals surface area (Å²) in [4.78, 5) is 2.38. The first-order valence-electron chi connectivity index (χ1n) is 4.44. The lowest BCUT2D eigenvalue weighted by atomic mass is 10.4. The summed E-state index contributed by atoms with van der Waals surface area (Å²) in [6, 6.07) is 4.00. The number of hydrogen-bond donors (Lipinski definition) is 1. The second kappa shape index (κ2) is 5.77. The van der Waals surface area contributed by atoms with Gasteiger partial charge < -0.3 is 5.32 Å². The van der Waals surface area contributed by atoms with Crippen LogP contribution in [0.1, 0.15) is 9.75 Å². The molecule has 0 aromatic carbocycles. The molecule has 0 fully saturated rings. The molecule has 1 nitrogen and oxygen atoms in total. The lowest BCUT2D eigenvalue weighted by Gasteiger charge is -2.05. The van der Waals surface area contributed by atoms with Crippen molar-refractivity contribution in [2.75, 3.05) is 12.3 Å². The van der Waals surface area contributed by atoms with Gasteiger partial charge in [-0.05, 0) is 30.8 Å². The SMILES string of the molecule is Cc1ccc(CNCCSC(F)(F)F)s1. The van der Waals surface area contributed by atoms with E-state index in [1.165, 1.54) is 4.88 Å². The molecule has 1 aromatic rings. The molecule has 0 saturated heterocycles. The molecule has 0 amide bonds. The third-order valence-electron chi connectivity index (χ3n) is 1.64. The fraction of sp³-hybridized carbons (Fsp3) is 0.556. The number of halogens is 3. The van der Waals surface area contributed by atoms with Crippen molar-refractivity contribution in [1.82, 2.24) is 5.32 Å². The molecule has 6 heteroatoms. The average molecular weight is 255 g/mol. The third kappa shape index (κ3) is 6.06. The fourth-order valence-corrected chi connectivity index (χ4v) is 2.37. The van der Waals surface area contributed by atoms with Gasteiger partial charge in [0.25, 0.3) is 0 Å². The Bertz CT molecular complexity index is 296. The first-order chi connectivity index (χ1) is 6.97. The van der Waals surface area contributed by atoms with Crippen molar-refractivity contribution in [2.45, 2.75) is 19.0 Å². The molecule has 0 saturated carbocycles. The largest absolute Gasteiger partial charge is 0.441 e. The Labute approximate surface area is 95.1 Å². The molecule has 0 radical (unpaired) electrons. The van der Waals surface area contributed by atoms with Gasteiger partial charge in [0, 0.05) is 28.6 Å². The molecule has 86 valence electrons. The van der Waals surface area contributed by atoms with Crippen molar-refractivity contribution < 1.29 is 13.2 Å². The van der Waals surface area contributed by atoms with Gasteiger partial charge in [-0.25, -0.2) is 0 Å². The van der Waals surface area contributed by atoms with Crippen molar-refractivity contribution in [1.29, 1.82) is 0 Å². The van der Waals surface area contributed by atoms with E-state index in [0.29, 0.717) is 13.1 Å². The van der Waals surface area contributed by atoms with Crippen molar-refractivity contribution in [3.05, 3.63) is 21.9 Å². The lowest BCUT2D eigenvalue weighted by Crippen LogP contribution is -2.17. The van der Waals surface area contributed by atoms with Crippen LogP contribution in [0.4, 0.5) is 13.2 Å². The van der Waals surface area contributed by atoms with Crippen LogP contribution < -0.4 is 5.32 Å². The molecule has 0 aliphatic heterocycles. The van der Waals surface area contributed by atoms with Gasteiger partial charge in [-0.15, -0.1) is 11.3 Å². The monoisotopic (exact) mass is 255 g/mol. The van der Waals surface area contributed by atoms with Gasteiger partial charge in [0.2, 0.25) is 0 Å². The summed E-state index contributed by atoms with van der Waals surface area (Å²) >= 11 is 1.67. The van der Waals surface area contributed by atoms with Crippen LogP contribution >= 0.6 is 23.1 Å². The summed E-state index contributed by atoms with van der Waals surface area (Å²) in [7, 11) is 0. The van der Waals surface area contributed by atoms with E-state index in [4.69, 9.17) is 0 Å². The minimum atomic E-state index is -4.11. The highest BCUT2D eigenvalue weighted by Gasteiger charge is 2.27. The van der Waals surface area contributed by atoms with E-state index in [9.17, 15) is 13.2 Å². The maximum absolute atomic E-state index is 11.7. The smallest absolute Gasteiger partial charge is 0.311 e. The van der Waals surface area contributed by atoms with E-state index in [-0.39, 0.29) is 17.5 Å². The van der Waals surface area contributed by atoms with Crippen LogP contribution in [0.5, 0.6) is 0 Å². The quantitative estimate of drug-likeness (QED) is 0.809. The molecule has 1 aromatic heterocycles. The predicted octanol–water partition coefficient (Wildman–Crippen LogP) is 3.40. The van der Waals surface area contributed by atoms with Crippen molar-refractivity contribution in [2.24, 2.45) is 0 Å². The zero-order valence-electron chi connectivity index (χ0n) is 8.23. The van der Waals surface area contributed by atoms with Gasteiger partial charge in [0.15, 0.2) is 0 Å². The second-order valence-corrected chi connectivity index (χ2v) is 5.52. The molecule has 0 aliphatic carbocycles. The van der Waals surface area contributed by atoms with Crippen LogP contribution in [0.2, 0.25) is 0 Å². The highest BCUT2D eigenvalue weighted by Crippen LogP contribution is 2.29. The third-order valence-corrected chi connectivity index (χ3v) is 3.38. The van der Waals surface area contributed by atoms with Gasteiger partial charge in [0.1, 0.15) is 0 Å². The van der Waals surface area contributed by atoms with Crippen LogP contribution in [0.3, 0.4) is 0 Å². The number of hydrogen-bond acceptors (Lipinski definition) is 3. The van der Waals surface area contributed by atoms with Crippen molar-refractivity contribution >= 4 is 23.1 Å². The maximum atomic E-state index is 11.7. The summed E-state index contributed by atoms with van der Waals surface area (Å²) in [5.41, 5.74) is -4.11. The fourth-order valence-electron chi connectivity index (χ4n) is 1.03. The number of rotatable bonds is 5. The summed E-state index contributed by atoms with van der Waals surface area (Å²) in [6.07, 6.45) is 0. The Morgan fingerprint density at radius 1 is 1.40 bits per heavy atom. The maximum Gasteiger partial charge on any atom is 0.441 e. The molecule has 0 unspecified atom stereocenters. The molecular formula is C9H12F3NS2. The Morgan fingerprint density at radius 3 is 2.67 bits per heavy atom. The number of alkyl halides is 3. The molecule has 1 heterocycles. The summed E-state index contributed by atoms with van der Waals surface area (Å²) in [5.74, 6) is 0.0634. The Kier molecular flexibility index (Phi) is 4.95. The molecule has 0 bridgehead atoms. The number of aryl methyl sites for hydroxylation is 1. The highest BCUT2D eigenvalue weighted by molar-refractivity contribution is 8.00. The topological polar surface area (TPSA) is 12.0 Å². The van der Waals surface area contributed by atoms with E-state index in [1.807, 2.05) is 19.1 Å². The first kappa shape index (κ1) is 12.9. The van der Waals surface area contributed by atoms with E-state index in [2.05, 4.69) is 5.32 Å². The normalized spacial score (nSPS) is 12.0. The van der Waals surface area contributed by atoms with Crippen molar-refractivity contribution in [3.63, 3.8) is 0 Å². The van der Waals surface area contributed by atoms with Crippen LogP contribution in [0.25, 0.3) is 0 Å². The van der Waals surface area contributed by atoms with Crippen LogP contribution in [-0.4, -0.2) is 17.8 Å². The molecule has 0 aliphatic rings. The molecule has 1 N–H and O–H groups in total. The number of thioether (sulfide) groups is 1. The van der Waals surface area contributed by atoms with E-state index in [1.54, 1.807) is 11.3 Å². The first-order valence-corrected chi connectivity index (χ1v) is 6.24. The van der Waals surface area contributed by atoms with Gasteiger partial charge in [-0.1, -0.05) is 0 Å². The number of thiophene rings is 1.